The molecule has 1 aliphatic heterocycles. The fourth-order valence-electron chi connectivity index (χ4n) is 3.18. The van der Waals surface area contributed by atoms with E-state index >= 15 is 0 Å². The number of piperidine rings is 1. The van der Waals surface area contributed by atoms with E-state index in [1.54, 1.807) is 13.2 Å². The second-order valence-corrected chi connectivity index (χ2v) is 6.22. The molecule has 0 saturated carbocycles. The van der Waals surface area contributed by atoms with E-state index in [1.807, 2.05) is 36.9 Å². The summed E-state index contributed by atoms with van der Waals surface area (Å²) in [5, 5.41) is 10.7. The monoisotopic (exact) mass is 328 g/mol. The highest BCUT2D eigenvalue weighted by molar-refractivity contribution is 6.03. The van der Waals surface area contributed by atoms with E-state index in [4.69, 9.17) is 4.74 Å². The van der Waals surface area contributed by atoms with Crippen LogP contribution >= 0.6 is 0 Å². The van der Waals surface area contributed by atoms with Gasteiger partial charge in [0.1, 0.15) is 5.75 Å². The standard InChI is InChI=1S/C18H24N4O2/c1-12-6-7-15(13(2)17(12)24-3)20-18(23)16-8-10-22(21-16)14-5-4-9-19-11-14/h6-8,10,14,19H,4-5,9,11H2,1-3H3,(H,20,23). The smallest absolute Gasteiger partial charge is 0.276 e. The zero-order valence-corrected chi connectivity index (χ0v) is 14.4. The van der Waals surface area contributed by atoms with Gasteiger partial charge in [-0.05, 0) is 50.9 Å². The molecule has 1 aromatic carbocycles. The SMILES string of the molecule is COc1c(C)ccc(NC(=O)c2ccn(C3CCCNC3)n2)c1C. The number of ether oxygens (including phenoxy) is 1. The number of amides is 1. The zero-order valence-electron chi connectivity index (χ0n) is 14.4. The van der Waals surface area contributed by atoms with Crippen molar-refractivity contribution in [1.82, 2.24) is 15.1 Å². The van der Waals surface area contributed by atoms with Gasteiger partial charge in [0.05, 0.1) is 13.2 Å². The van der Waals surface area contributed by atoms with Gasteiger partial charge in [0, 0.05) is 24.0 Å². The van der Waals surface area contributed by atoms with Gasteiger partial charge in [-0.3, -0.25) is 9.48 Å². The van der Waals surface area contributed by atoms with Crippen LogP contribution in [0.25, 0.3) is 0 Å². The maximum Gasteiger partial charge on any atom is 0.276 e. The van der Waals surface area contributed by atoms with Crippen molar-refractivity contribution in [3.63, 3.8) is 0 Å². The summed E-state index contributed by atoms with van der Waals surface area (Å²) in [6.45, 7) is 5.88. The Labute approximate surface area is 142 Å². The molecule has 2 heterocycles. The molecule has 128 valence electrons. The number of carbonyl (C=O) groups is 1. The summed E-state index contributed by atoms with van der Waals surface area (Å²) in [5.41, 5.74) is 3.14. The number of aromatic nitrogens is 2. The summed E-state index contributed by atoms with van der Waals surface area (Å²) < 4.78 is 7.30. The predicted molar refractivity (Wildman–Crippen MR) is 93.8 cm³/mol. The molecule has 6 heteroatoms. The normalized spacial score (nSPS) is 17.5. The largest absolute Gasteiger partial charge is 0.496 e. The fourth-order valence-corrected chi connectivity index (χ4v) is 3.18. The first-order chi connectivity index (χ1) is 11.6. The molecule has 0 radical (unpaired) electrons. The van der Waals surface area contributed by atoms with Crippen LogP contribution in [0.15, 0.2) is 24.4 Å². The molecule has 1 unspecified atom stereocenters. The van der Waals surface area contributed by atoms with E-state index in [-0.39, 0.29) is 5.91 Å². The Bertz CT molecular complexity index is 733. The van der Waals surface area contributed by atoms with Gasteiger partial charge in [-0.25, -0.2) is 0 Å². The summed E-state index contributed by atoms with van der Waals surface area (Å²) >= 11 is 0. The number of hydrogen-bond donors (Lipinski definition) is 2. The van der Waals surface area contributed by atoms with Crippen LogP contribution in [0.3, 0.4) is 0 Å². The molecule has 1 aliphatic rings. The van der Waals surface area contributed by atoms with Crippen molar-refractivity contribution in [1.29, 1.82) is 0 Å². The second-order valence-electron chi connectivity index (χ2n) is 6.22. The number of nitrogens with one attached hydrogen (secondary N) is 2. The third-order valence-electron chi connectivity index (χ3n) is 4.54. The molecular weight excluding hydrogens is 304 g/mol. The van der Waals surface area contributed by atoms with Crippen LogP contribution in [0, 0.1) is 13.8 Å². The Morgan fingerprint density at radius 1 is 1.38 bits per heavy atom. The molecule has 1 amide bonds. The Kier molecular flexibility index (Phi) is 4.85. The number of carbonyl (C=O) groups excluding carboxylic acids is 1. The van der Waals surface area contributed by atoms with Gasteiger partial charge in [0.15, 0.2) is 5.69 Å². The molecule has 0 aliphatic carbocycles. The van der Waals surface area contributed by atoms with Gasteiger partial charge in [-0.15, -0.1) is 0 Å². The van der Waals surface area contributed by atoms with Crippen LogP contribution in [0.5, 0.6) is 5.75 Å². The highest BCUT2D eigenvalue weighted by Crippen LogP contribution is 2.29. The van der Waals surface area contributed by atoms with Gasteiger partial charge in [-0.1, -0.05) is 6.07 Å². The Morgan fingerprint density at radius 2 is 2.21 bits per heavy atom. The lowest BCUT2D eigenvalue weighted by Crippen LogP contribution is -2.32. The quantitative estimate of drug-likeness (QED) is 0.905. The fraction of sp³-hybridized carbons (Fsp3) is 0.444. The van der Waals surface area contributed by atoms with Crippen molar-refractivity contribution in [2.24, 2.45) is 0 Å². The van der Waals surface area contributed by atoms with Crippen molar-refractivity contribution in [2.45, 2.75) is 32.7 Å². The van der Waals surface area contributed by atoms with Crippen LogP contribution in [-0.2, 0) is 0 Å². The first kappa shape index (κ1) is 16.5. The molecule has 1 atom stereocenters. The molecule has 6 nitrogen and oxygen atoms in total. The summed E-state index contributed by atoms with van der Waals surface area (Å²) in [4.78, 5) is 12.5. The number of hydrogen-bond acceptors (Lipinski definition) is 4. The van der Waals surface area contributed by atoms with Gasteiger partial charge in [0.25, 0.3) is 5.91 Å². The summed E-state index contributed by atoms with van der Waals surface area (Å²) in [7, 11) is 1.64. The number of methoxy groups -OCH3 is 1. The molecule has 0 bridgehead atoms. The van der Waals surface area contributed by atoms with Gasteiger partial charge in [-0.2, -0.15) is 5.10 Å². The third kappa shape index (κ3) is 3.28. The van der Waals surface area contributed by atoms with Crippen molar-refractivity contribution < 1.29 is 9.53 Å². The summed E-state index contributed by atoms with van der Waals surface area (Å²) in [6, 6.07) is 5.92. The molecule has 2 aromatic rings. The average molecular weight is 328 g/mol. The molecule has 1 saturated heterocycles. The molecule has 1 aromatic heterocycles. The maximum absolute atomic E-state index is 12.5. The Hall–Kier alpha value is -2.34. The Balaban J connectivity index is 1.75. The van der Waals surface area contributed by atoms with E-state index in [9.17, 15) is 4.79 Å². The molecule has 1 fully saturated rings. The zero-order chi connectivity index (χ0) is 17.1. The predicted octanol–water partition coefficient (Wildman–Crippen LogP) is 2.69. The van der Waals surface area contributed by atoms with Crippen LogP contribution in [0.2, 0.25) is 0 Å². The summed E-state index contributed by atoms with van der Waals surface area (Å²) in [6.07, 6.45) is 4.10. The van der Waals surface area contributed by atoms with Gasteiger partial charge < -0.3 is 15.4 Å². The highest BCUT2D eigenvalue weighted by Gasteiger charge is 2.18. The molecular formula is C18H24N4O2. The number of anilines is 1. The average Bonchev–Trinajstić information content (AvgIpc) is 3.09. The Morgan fingerprint density at radius 3 is 2.92 bits per heavy atom. The highest BCUT2D eigenvalue weighted by atomic mass is 16.5. The first-order valence-electron chi connectivity index (χ1n) is 8.31. The van der Waals surface area contributed by atoms with E-state index in [0.29, 0.717) is 11.7 Å². The van der Waals surface area contributed by atoms with Crippen molar-refractivity contribution in [2.75, 3.05) is 25.5 Å². The van der Waals surface area contributed by atoms with E-state index in [0.717, 1.165) is 48.5 Å². The minimum atomic E-state index is -0.202. The van der Waals surface area contributed by atoms with E-state index < -0.39 is 0 Å². The number of benzene rings is 1. The van der Waals surface area contributed by atoms with Crippen molar-refractivity contribution >= 4 is 11.6 Å². The topological polar surface area (TPSA) is 68.2 Å². The van der Waals surface area contributed by atoms with Gasteiger partial charge in [0.2, 0.25) is 0 Å². The lowest BCUT2D eigenvalue weighted by molar-refractivity contribution is 0.102. The minimum Gasteiger partial charge on any atom is -0.496 e. The maximum atomic E-state index is 12.5. The molecule has 24 heavy (non-hydrogen) atoms. The summed E-state index contributed by atoms with van der Waals surface area (Å²) in [5.74, 6) is 0.595. The number of rotatable bonds is 4. The van der Waals surface area contributed by atoms with Gasteiger partial charge >= 0.3 is 0 Å². The first-order valence-corrected chi connectivity index (χ1v) is 8.31. The van der Waals surface area contributed by atoms with Crippen LogP contribution in [-0.4, -0.2) is 35.9 Å². The lowest BCUT2D eigenvalue weighted by atomic mass is 10.1. The molecule has 3 rings (SSSR count). The third-order valence-corrected chi connectivity index (χ3v) is 4.54. The van der Waals surface area contributed by atoms with E-state index in [2.05, 4.69) is 15.7 Å². The lowest BCUT2D eigenvalue weighted by Gasteiger charge is -2.22. The molecule has 0 spiro atoms. The molecule has 2 N–H and O–H groups in total. The number of aryl methyl sites for hydroxylation is 1. The van der Waals surface area contributed by atoms with Crippen LogP contribution in [0.4, 0.5) is 5.69 Å². The van der Waals surface area contributed by atoms with Crippen molar-refractivity contribution in [3.05, 3.63) is 41.2 Å². The van der Waals surface area contributed by atoms with E-state index in [1.165, 1.54) is 0 Å². The van der Waals surface area contributed by atoms with Crippen LogP contribution in [0.1, 0.15) is 40.5 Å². The second kappa shape index (κ2) is 7.05. The number of nitrogens with zero attached hydrogens (tertiary/aromatic N) is 2. The van der Waals surface area contributed by atoms with Crippen LogP contribution < -0.4 is 15.4 Å². The van der Waals surface area contributed by atoms with Crippen molar-refractivity contribution in [3.8, 4) is 5.75 Å². The minimum absolute atomic E-state index is 0.202.